The third kappa shape index (κ3) is 5.00. The maximum Gasteiger partial charge on any atom is 0.416 e. The molecule has 0 radical (unpaired) electrons. The minimum Gasteiger partial charge on any atom is -0.342 e. The molecule has 0 aliphatic carbocycles. The highest BCUT2D eigenvalue weighted by Gasteiger charge is 2.43. The van der Waals surface area contributed by atoms with Crippen LogP contribution in [0.2, 0.25) is 0 Å². The van der Waals surface area contributed by atoms with Crippen LogP contribution in [0, 0.1) is 0 Å². The van der Waals surface area contributed by atoms with Gasteiger partial charge < -0.3 is 9.80 Å². The largest absolute Gasteiger partial charge is 0.416 e. The van der Waals surface area contributed by atoms with E-state index in [0.29, 0.717) is 39.5 Å². The number of fused-ring (bicyclic) bond motifs is 3. The van der Waals surface area contributed by atoms with E-state index >= 15 is 0 Å². The number of aliphatic imine (C=N–C) groups is 1. The smallest absolute Gasteiger partial charge is 0.342 e. The highest BCUT2D eigenvalue weighted by atomic mass is 32.2. The summed E-state index contributed by atoms with van der Waals surface area (Å²) in [7, 11) is 2.10. The summed E-state index contributed by atoms with van der Waals surface area (Å²) in [4.78, 5) is 22.1. The van der Waals surface area contributed by atoms with Gasteiger partial charge in [-0.3, -0.25) is 9.48 Å². The zero-order valence-electron chi connectivity index (χ0n) is 21.1. The maximum atomic E-state index is 13.6. The van der Waals surface area contributed by atoms with Crippen molar-refractivity contribution in [2.75, 3.05) is 20.1 Å². The molecule has 3 aromatic rings. The average molecular weight is 580 g/mol. The number of likely N-dealkylation sites (N-methyl/N-ethyl adjacent to an activating group) is 1. The van der Waals surface area contributed by atoms with Crippen molar-refractivity contribution in [3.63, 3.8) is 0 Å². The standard InChI is InChI=1S/C27H23F6N5OS/c1-36-13-19-5-6-20(14-36)38(19)25-35-24(39)23(40-25)9-15-2-7-22-17(8-15)11-34-37(22)12-16-3-4-18(26(28,29)30)10-21(16)27(31,32)33/h2-4,7-11,19-20H,5-6,12-14H2,1H3. The van der Waals surface area contributed by atoms with Crippen LogP contribution < -0.4 is 0 Å². The molecular formula is C27H23F6N5OS. The van der Waals surface area contributed by atoms with Crippen LogP contribution in [0.15, 0.2) is 52.5 Å². The number of amidine groups is 1. The number of benzene rings is 2. The number of aromatic nitrogens is 2. The van der Waals surface area contributed by atoms with Gasteiger partial charge in [-0.2, -0.15) is 36.4 Å². The molecule has 2 bridgehead atoms. The van der Waals surface area contributed by atoms with Crippen LogP contribution in [-0.2, 0) is 23.7 Å². The molecule has 3 aliphatic rings. The molecule has 4 heterocycles. The normalized spacial score (nSPS) is 23.1. The van der Waals surface area contributed by atoms with E-state index in [9.17, 15) is 31.1 Å². The van der Waals surface area contributed by atoms with Gasteiger partial charge in [-0.05, 0) is 73.1 Å². The Hall–Kier alpha value is -3.32. The predicted molar refractivity (Wildman–Crippen MR) is 139 cm³/mol. The number of hydrogen-bond donors (Lipinski definition) is 0. The van der Waals surface area contributed by atoms with Crippen molar-refractivity contribution in [3.05, 3.63) is 69.8 Å². The number of hydrogen-bond acceptors (Lipinski definition) is 5. The molecule has 2 aromatic carbocycles. The number of amides is 1. The Morgan fingerprint density at radius 3 is 2.40 bits per heavy atom. The molecule has 0 N–H and O–H groups in total. The average Bonchev–Trinajstić information content (AvgIpc) is 3.51. The molecule has 6 rings (SSSR count). The minimum absolute atomic E-state index is 0.130. The van der Waals surface area contributed by atoms with Crippen molar-refractivity contribution in [2.24, 2.45) is 4.99 Å². The SMILES string of the molecule is CN1CC2CCC(C1)N2C1=NC(=O)C(=Cc2ccc3c(cnn3Cc3ccc(C(F)(F)F)cc3C(F)(F)F)c2)S1. The summed E-state index contributed by atoms with van der Waals surface area (Å²) in [5, 5.41) is 5.52. The lowest BCUT2D eigenvalue weighted by Gasteiger charge is -2.40. The van der Waals surface area contributed by atoms with Gasteiger partial charge in [-0.25, -0.2) is 0 Å². The fourth-order valence-corrected chi connectivity index (χ4v) is 6.78. The summed E-state index contributed by atoms with van der Waals surface area (Å²) in [5.41, 5.74) is -1.84. The molecule has 0 saturated carbocycles. The fourth-order valence-electron chi connectivity index (χ4n) is 5.72. The second-order valence-electron chi connectivity index (χ2n) is 10.3. The number of carbonyl (C=O) groups is 1. The first kappa shape index (κ1) is 26.9. The van der Waals surface area contributed by atoms with Crippen molar-refractivity contribution in [1.82, 2.24) is 19.6 Å². The highest BCUT2D eigenvalue weighted by molar-refractivity contribution is 8.18. The molecule has 210 valence electrons. The monoisotopic (exact) mass is 579 g/mol. The molecule has 2 fully saturated rings. The number of nitrogens with zero attached hydrogens (tertiary/aromatic N) is 5. The Morgan fingerprint density at radius 2 is 1.73 bits per heavy atom. The van der Waals surface area contributed by atoms with Crippen molar-refractivity contribution in [3.8, 4) is 0 Å². The van der Waals surface area contributed by atoms with Gasteiger partial charge in [-0.1, -0.05) is 12.1 Å². The number of thioether (sulfide) groups is 1. The van der Waals surface area contributed by atoms with Gasteiger partial charge in [-0.15, -0.1) is 0 Å². The molecule has 6 nitrogen and oxygen atoms in total. The van der Waals surface area contributed by atoms with Crippen LogP contribution in [0.1, 0.15) is 35.1 Å². The fraction of sp³-hybridized carbons (Fsp3) is 0.370. The van der Waals surface area contributed by atoms with E-state index < -0.39 is 23.5 Å². The van der Waals surface area contributed by atoms with Gasteiger partial charge in [0.15, 0.2) is 5.17 Å². The number of carbonyl (C=O) groups excluding carboxylic acids is 1. The van der Waals surface area contributed by atoms with Gasteiger partial charge >= 0.3 is 12.4 Å². The van der Waals surface area contributed by atoms with Crippen LogP contribution in [0.25, 0.3) is 17.0 Å². The van der Waals surface area contributed by atoms with E-state index in [1.807, 2.05) is 0 Å². The first-order valence-corrected chi connectivity index (χ1v) is 13.4. The third-order valence-corrected chi connectivity index (χ3v) is 8.52. The topological polar surface area (TPSA) is 53.7 Å². The summed E-state index contributed by atoms with van der Waals surface area (Å²) >= 11 is 1.35. The lowest BCUT2D eigenvalue weighted by molar-refractivity contribution is -0.143. The molecule has 1 aromatic heterocycles. The van der Waals surface area contributed by atoms with Crippen molar-refractivity contribution >= 4 is 39.8 Å². The van der Waals surface area contributed by atoms with Crippen LogP contribution in [-0.4, -0.2) is 62.9 Å². The first-order valence-electron chi connectivity index (χ1n) is 12.6. The van der Waals surface area contributed by atoms with Gasteiger partial charge in [0.1, 0.15) is 0 Å². The predicted octanol–water partition coefficient (Wildman–Crippen LogP) is 5.87. The van der Waals surface area contributed by atoms with Crippen LogP contribution in [0.4, 0.5) is 26.3 Å². The van der Waals surface area contributed by atoms with Crippen molar-refractivity contribution in [2.45, 2.75) is 43.8 Å². The lowest BCUT2D eigenvalue weighted by Crippen LogP contribution is -2.53. The first-order chi connectivity index (χ1) is 18.9. The number of piperazine rings is 1. The lowest BCUT2D eigenvalue weighted by atomic mass is 10.0. The summed E-state index contributed by atoms with van der Waals surface area (Å²) in [6.07, 6.45) is -4.51. The molecular weight excluding hydrogens is 556 g/mol. The molecule has 40 heavy (non-hydrogen) atoms. The Kier molecular flexibility index (Phi) is 6.49. The number of rotatable bonds is 3. The summed E-state index contributed by atoms with van der Waals surface area (Å²) in [5.74, 6) is -0.309. The van der Waals surface area contributed by atoms with E-state index in [0.717, 1.165) is 37.2 Å². The number of alkyl halides is 6. The van der Waals surface area contributed by atoms with Gasteiger partial charge in [0.2, 0.25) is 0 Å². The van der Waals surface area contributed by atoms with E-state index in [2.05, 4.69) is 26.9 Å². The third-order valence-electron chi connectivity index (χ3n) is 7.52. The minimum atomic E-state index is -4.96. The molecule has 13 heteroatoms. The maximum absolute atomic E-state index is 13.6. The van der Waals surface area contributed by atoms with Crippen LogP contribution >= 0.6 is 11.8 Å². The molecule has 2 atom stereocenters. The molecule has 0 spiro atoms. The van der Waals surface area contributed by atoms with Gasteiger partial charge in [0.25, 0.3) is 5.91 Å². The Bertz CT molecular complexity index is 1540. The number of likely N-dealkylation sites (tertiary alicyclic amines) is 1. The Labute approximate surface area is 229 Å². The highest BCUT2D eigenvalue weighted by Crippen LogP contribution is 2.39. The molecule has 2 unspecified atom stereocenters. The van der Waals surface area contributed by atoms with Gasteiger partial charge in [0, 0.05) is 30.6 Å². The number of halogens is 6. The zero-order valence-corrected chi connectivity index (χ0v) is 21.9. The van der Waals surface area contributed by atoms with E-state index in [1.54, 1.807) is 24.3 Å². The summed E-state index contributed by atoms with van der Waals surface area (Å²) < 4.78 is 81.2. The quantitative estimate of drug-likeness (QED) is 0.287. The summed E-state index contributed by atoms with van der Waals surface area (Å²) in [6, 6.07) is 7.43. The van der Waals surface area contributed by atoms with Crippen molar-refractivity contribution < 1.29 is 31.1 Å². The van der Waals surface area contributed by atoms with Crippen LogP contribution in [0.3, 0.4) is 0 Å². The van der Waals surface area contributed by atoms with E-state index in [1.165, 1.54) is 22.6 Å². The second kappa shape index (κ2) is 9.65. The van der Waals surface area contributed by atoms with Crippen LogP contribution in [0.5, 0.6) is 0 Å². The van der Waals surface area contributed by atoms with E-state index in [4.69, 9.17) is 0 Å². The second-order valence-corrected chi connectivity index (χ2v) is 11.3. The zero-order chi connectivity index (χ0) is 28.4. The molecule has 1 amide bonds. The Balaban J connectivity index is 1.23. The van der Waals surface area contributed by atoms with Gasteiger partial charge in [0.05, 0.1) is 34.3 Å². The molecule has 2 saturated heterocycles. The Morgan fingerprint density at radius 1 is 1.00 bits per heavy atom. The van der Waals surface area contributed by atoms with Crippen molar-refractivity contribution in [1.29, 1.82) is 0 Å². The molecule has 3 aliphatic heterocycles. The van der Waals surface area contributed by atoms with E-state index in [-0.39, 0.29) is 24.1 Å². The summed E-state index contributed by atoms with van der Waals surface area (Å²) in [6.45, 7) is 1.50.